The van der Waals surface area contributed by atoms with Gasteiger partial charge in [0.05, 0.1) is 30.1 Å². The van der Waals surface area contributed by atoms with Crippen LogP contribution in [0.15, 0.2) is 170 Å². The molecule has 1 saturated heterocycles. The molecule has 3 atom stereocenters. The second kappa shape index (κ2) is 12.7. The molecule has 238 valence electrons. The third-order valence-corrected chi connectivity index (χ3v) is 10.0. The Morgan fingerprint density at radius 2 is 1.10 bits per heavy atom. The van der Waals surface area contributed by atoms with Crippen molar-refractivity contribution in [3.8, 4) is 28.3 Å². The van der Waals surface area contributed by atoms with Crippen LogP contribution >= 0.6 is 0 Å². The smallest absolute Gasteiger partial charge is 0.0991 e. The standard InChI is InChI=1S/C46H34N4/c47-29-30-21-23-31(24-22-30)34-15-10-16-36(27-34)44-48-45(41-20-9-8-17-37(41)32-11-2-1-3-12-32)50-46(49-44)43-39-19-7-5-14-35(39)28-42-38-18-6-4-13-33(38)25-26-40(42)43/h1-28,44-46,48-50H. The zero-order chi connectivity index (χ0) is 33.4. The summed E-state index contributed by atoms with van der Waals surface area (Å²) < 4.78 is 0. The van der Waals surface area contributed by atoms with Crippen LogP contribution in [0.4, 0.5) is 0 Å². The van der Waals surface area contributed by atoms with E-state index in [0.717, 1.165) is 16.7 Å². The van der Waals surface area contributed by atoms with E-state index < -0.39 is 0 Å². The summed E-state index contributed by atoms with van der Waals surface area (Å²) in [6, 6.07) is 62.3. The second-order valence-electron chi connectivity index (χ2n) is 13.0. The third-order valence-electron chi connectivity index (χ3n) is 10.0. The summed E-state index contributed by atoms with van der Waals surface area (Å²) in [5.41, 5.74) is 8.78. The number of rotatable bonds is 5. The van der Waals surface area contributed by atoms with E-state index in [1.165, 1.54) is 54.6 Å². The quantitative estimate of drug-likeness (QED) is 0.129. The van der Waals surface area contributed by atoms with E-state index in [2.05, 4.69) is 168 Å². The zero-order valence-corrected chi connectivity index (χ0v) is 27.3. The summed E-state index contributed by atoms with van der Waals surface area (Å²) in [5.74, 6) is 0. The molecule has 8 aromatic carbocycles. The molecule has 0 saturated carbocycles. The van der Waals surface area contributed by atoms with Crippen LogP contribution in [-0.4, -0.2) is 0 Å². The molecular formula is C46H34N4. The molecule has 0 aliphatic carbocycles. The van der Waals surface area contributed by atoms with Crippen molar-refractivity contribution < 1.29 is 0 Å². The molecule has 0 bridgehead atoms. The highest BCUT2D eigenvalue weighted by atomic mass is 15.4. The first kappa shape index (κ1) is 30.0. The first-order chi connectivity index (χ1) is 24.7. The van der Waals surface area contributed by atoms with Gasteiger partial charge in [-0.1, -0.05) is 146 Å². The van der Waals surface area contributed by atoms with E-state index in [4.69, 9.17) is 0 Å². The highest BCUT2D eigenvalue weighted by molar-refractivity contribution is 6.14. The van der Waals surface area contributed by atoms with E-state index in [0.29, 0.717) is 5.56 Å². The molecule has 1 heterocycles. The van der Waals surface area contributed by atoms with Crippen molar-refractivity contribution in [1.82, 2.24) is 16.0 Å². The van der Waals surface area contributed by atoms with Crippen LogP contribution in [0, 0.1) is 11.3 Å². The van der Waals surface area contributed by atoms with Crippen molar-refractivity contribution in [2.45, 2.75) is 18.5 Å². The van der Waals surface area contributed by atoms with Crippen molar-refractivity contribution in [3.63, 3.8) is 0 Å². The van der Waals surface area contributed by atoms with Crippen LogP contribution in [0.1, 0.15) is 40.8 Å². The molecule has 4 nitrogen and oxygen atoms in total. The van der Waals surface area contributed by atoms with Crippen LogP contribution in [0.25, 0.3) is 54.6 Å². The molecule has 1 aliphatic rings. The van der Waals surface area contributed by atoms with E-state index in [1.807, 2.05) is 24.3 Å². The number of nitriles is 1. The topological polar surface area (TPSA) is 59.9 Å². The normalized spacial score (nSPS) is 17.5. The minimum Gasteiger partial charge on any atom is -0.279 e. The van der Waals surface area contributed by atoms with Crippen LogP contribution in [-0.2, 0) is 0 Å². The Kier molecular flexibility index (Phi) is 7.65. The van der Waals surface area contributed by atoms with Gasteiger partial charge < -0.3 is 0 Å². The average Bonchev–Trinajstić information content (AvgIpc) is 3.20. The lowest BCUT2D eigenvalue weighted by molar-refractivity contribution is 0.205. The van der Waals surface area contributed by atoms with E-state index >= 15 is 0 Å². The van der Waals surface area contributed by atoms with Crippen molar-refractivity contribution in [2.75, 3.05) is 0 Å². The number of hydrogen-bond acceptors (Lipinski definition) is 4. The van der Waals surface area contributed by atoms with Crippen molar-refractivity contribution >= 4 is 32.3 Å². The molecule has 3 unspecified atom stereocenters. The Balaban J connectivity index is 1.22. The van der Waals surface area contributed by atoms with Gasteiger partial charge in [-0.05, 0) is 95.5 Å². The van der Waals surface area contributed by atoms with Crippen LogP contribution in [0.5, 0.6) is 0 Å². The third kappa shape index (κ3) is 5.41. The molecule has 3 N–H and O–H groups in total. The summed E-state index contributed by atoms with van der Waals surface area (Å²) >= 11 is 0. The van der Waals surface area contributed by atoms with Gasteiger partial charge in [-0.15, -0.1) is 0 Å². The Bertz CT molecular complexity index is 2550. The average molecular weight is 643 g/mol. The maximum atomic E-state index is 9.35. The minimum atomic E-state index is -0.191. The van der Waals surface area contributed by atoms with Crippen LogP contribution < -0.4 is 16.0 Å². The van der Waals surface area contributed by atoms with E-state index in [1.54, 1.807) is 0 Å². The lowest BCUT2D eigenvalue weighted by atomic mass is 9.90. The largest absolute Gasteiger partial charge is 0.279 e. The fourth-order valence-corrected chi connectivity index (χ4v) is 7.61. The van der Waals surface area contributed by atoms with Crippen LogP contribution in [0.3, 0.4) is 0 Å². The second-order valence-corrected chi connectivity index (χ2v) is 13.0. The first-order valence-electron chi connectivity index (χ1n) is 17.1. The first-order valence-corrected chi connectivity index (χ1v) is 17.1. The number of fused-ring (bicyclic) bond motifs is 4. The molecule has 0 radical (unpaired) electrons. The summed E-state index contributed by atoms with van der Waals surface area (Å²) in [6.45, 7) is 0. The predicted octanol–water partition coefficient (Wildman–Crippen LogP) is 10.5. The molecule has 1 aliphatic heterocycles. The van der Waals surface area contributed by atoms with Gasteiger partial charge in [0, 0.05) is 0 Å². The lowest BCUT2D eigenvalue weighted by Crippen LogP contribution is -2.54. The highest BCUT2D eigenvalue weighted by Gasteiger charge is 2.33. The van der Waals surface area contributed by atoms with Crippen molar-refractivity contribution in [3.05, 3.63) is 192 Å². The Labute approximate surface area is 291 Å². The predicted molar refractivity (Wildman–Crippen MR) is 205 cm³/mol. The zero-order valence-electron chi connectivity index (χ0n) is 27.3. The summed E-state index contributed by atoms with van der Waals surface area (Å²) in [4.78, 5) is 0. The summed E-state index contributed by atoms with van der Waals surface area (Å²) in [6.07, 6.45) is -0.540. The molecule has 0 amide bonds. The highest BCUT2D eigenvalue weighted by Crippen LogP contribution is 2.40. The van der Waals surface area contributed by atoms with Crippen LogP contribution in [0.2, 0.25) is 0 Å². The number of benzene rings is 8. The maximum Gasteiger partial charge on any atom is 0.0991 e. The summed E-state index contributed by atoms with van der Waals surface area (Å²) in [7, 11) is 0. The molecule has 1 fully saturated rings. The monoisotopic (exact) mass is 642 g/mol. The van der Waals surface area contributed by atoms with E-state index in [-0.39, 0.29) is 18.5 Å². The maximum absolute atomic E-state index is 9.35. The fraction of sp³-hybridized carbons (Fsp3) is 0.0652. The molecule has 50 heavy (non-hydrogen) atoms. The summed E-state index contributed by atoms with van der Waals surface area (Å²) in [5, 5.41) is 28.8. The Morgan fingerprint density at radius 1 is 0.420 bits per heavy atom. The van der Waals surface area contributed by atoms with Gasteiger partial charge in [0.2, 0.25) is 0 Å². The number of hydrogen-bond donors (Lipinski definition) is 3. The number of nitrogens with one attached hydrogen (secondary N) is 3. The van der Waals surface area contributed by atoms with Gasteiger partial charge in [0.15, 0.2) is 0 Å². The van der Waals surface area contributed by atoms with Gasteiger partial charge >= 0.3 is 0 Å². The number of nitrogens with zero attached hydrogens (tertiary/aromatic N) is 1. The molecule has 8 aromatic rings. The molecule has 0 spiro atoms. The molecule has 4 heteroatoms. The van der Waals surface area contributed by atoms with E-state index in [9.17, 15) is 5.26 Å². The van der Waals surface area contributed by atoms with Gasteiger partial charge in [0.1, 0.15) is 0 Å². The van der Waals surface area contributed by atoms with Gasteiger partial charge in [-0.2, -0.15) is 5.26 Å². The van der Waals surface area contributed by atoms with Gasteiger partial charge in [-0.3, -0.25) is 16.0 Å². The molecule has 9 rings (SSSR count). The minimum absolute atomic E-state index is 0.171. The van der Waals surface area contributed by atoms with Crippen molar-refractivity contribution in [1.29, 1.82) is 5.26 Å². The van der Waals surface area contributed by atoms with Crippen molar-refractivity contribution in [2.24, 2.45) is 0 Å². The van der Waals surface area contributed by atoms with Gasteiger partial charge in [0.25, 0.3) is 0 Å². The Hall–Kier alpha value is -6.09. The lowest BCUT2D eigenvalue weighted by Gasteiger charge is -2.41. The van der Waals surface area contributed by atoms with Gasteiger partial charge in [-0.25, -0.2) is 0 Å². The fourth-order valence-electron chi connectivity index (χ4n) is 7.61. The Morgan fingerprint density at radius 3 is 1.94 bits per heavy atom. The SMILES string of the molecule is N#Cc1ccc(-c2cccc(C3NC(c4ccccc4-c4ccccc4)NC(c4c5ccccc5cc5c4ccc4ccccc45)N3)c2)cc1. The molecule has 0 aromatic heterocycles. The molecular weight excluding hydrogens is 609 g/mol.